The van der Waals surface area contributed by atoms with Gasteiger partial charge >= 0.3 is 0 Å². The largest absolute Gasteiger partial charge is 0.350 e. The molecule has 0 saturated carbocycles. The minimum atomic E-state index is -0.472. The molecule has 19 heavy (non-hydrogen) atoms. The highest BCUT2D eigenvalue weighted by atomic mass is 79.9. The number of nitro benzene ring substituents is 1. The number of nitro groups is 1. The average Bonchev–Trinajstić information content (AvgIpc) is 2.36. The topological polar surface area (TPSA) is 72.2 Å². The molecule has 0 radical (unpaired) electrons. The lowest BCUT2D eigenvalue weighted by atomic mass is 10.1. The van der Waals surface area contributed by atoms with Gasteiger partial charge in [-0.1, -0.05) is 22.0 Å². The third-order valence-electron chi connectivity index (χ3n) is 2.89. The molecule has 1 rings (SSSR count). The molecular weight excluding hydrogens is 312 g/mol. The number of amides is 1. The van der Waals surface area contributed by atoms with Crippen molar-refractivity contribution >= 4 is 27.5 Å². The van der Waals surface area contributed by atoms with Gasteiger partial charge < -0.3 is 5.32 Å². The van der Waals surface area contributed by atoms with Crippen molar-refractivity contribution in [2.75, 3.05) is 5.33 Å². The van der Waals surface area contributed by atoms with Gasteiger partial charge in [-0.3, -0.25) is 14.9 Å². The molecule has 0 heterocycles. The summed E-state index contributed by atoms with van der Waals surface area (Å²) in [6.07, 6.45) is 1.83. The van der Waals surface area contributed by atoms with Crippen molar-refractivity contribution in [2.45, 2.75) is 32.7 Å². The van der Waals surface area contributed by atoms with Gasteiger partial charge in [0.2, 0.25) is 0 Å². The Hall–Kier alpha value is -1.43. The number of hydrogen-bond acceptors (Lipinski definition) is 3. The van der Waals surface area contributed by atoms with Crippen LogP contribution in [0.25, 0.3) is 0 Å². The molecule has 104 valence electrons. The summed E-state index contributed by atoms with van der Waals surface area (Å²) in [6, 6.07) is 4.59. The number of carbonyl (C=O) groups excluding carboxylic acids is 1. The average molecular weight is 329 g/mol. The number of nitrogens with one attached hydrogen (secondary N) is 1. The van der Waals surface area contributed by atoms with Crippen LogP contribution in [0.2, 0.25) is 0 Å². The van der Waals surface area contributed by atoms with Crippen molar-refractivity contribution < 1.29 is 9.72 Å². The SMILES string of the molecule is Cc1c(C(=O)NC(C)CCCBr)cccc1[N+](=O)[O-]. The van der Waals surface area contributed by atoms with E-state index in [1.807, 2.05) is 6.92 Å². The standard InChI is InChI=1S/C13H17BrN2O3/c1-9(5-4-8-14)15-13(17)11-6-3-7-12(10(11)2)16(18)19/h3,6-7,9H,4-5,8H2,1-2H3,(H,15,17). The van der Waals surface area contributed by atoms with Gasteiger partial charge in [0.1, 0.15) is 0 Å². The Bertz CT molecular complexity index is 477. The molecule has 1 atom stereocenters. The van der Waals surface area contributed by atoms with Gasteiger partial charge in [-0.2, -0.15) is 0 Å². The molecule has 1 amide bonds. The first kappa shape index (κ1) is 15.6. The first-order valence-corrected chi connectivity index (χ1v) is 7.20. The lowest BCUT2D eigenvalue weighted by Crippen LogP contribution is -2.33. The van der Waals surface area contributed by atoms with Crippen molar-refractivity contribution in [3.8, 4) is 0 Å². The molecular formula is C13H17BrN2O3. The quantitative estimate of drug-likeness (QED) is 0.495. The minimum absolute atomic E-state index is 0.0271. The van der Waals surface area contributed by atoms with Crippen LogP contribution in [0.1, 0.15) is 35.7 Å². The minimum Gasteiger partial charge on any atom is -0.350 e. The van der Waals surface area contributed by atoms with E-state index < -0.39 is 4.92 Å². The van der Waals surface area contributed by atoms with Gasteiger partial charge in [-0.05, 0) is 32.8 Å². The van der Waals surface area contributed by atoms with Crippen LogP contribution in [0.4, 0.5) is 5.69 Å². The van der Waals surface area contributed by atoms with E-state index in [4.69, 9.17) is 0 Å². The number of hydrogen-bond donors (Lipinski definition) is 1. The third-order valence-corrected chi connectivity index (χ3v) is 3.46. The fraction of sp³-hybridized carbons (Fsp3) is 0.462. The second-order valence-corrected chi connectivity index (χ2v) is 5.21. The summed E-state index contributed by atoms with van der Waals surface area (Å²) in [5.41, 5.74) is 0.735. The number of nitrogens with zero attached hydrogens (tertiary/aromatic N) is 1. The normalized spacial score (nSPS) is 11.9. The molecule has 0 aliphatic rings. The number of benzene rings is 1. The van der Waals surface area contributed by atoms with E-state index in [1.54, 1.807) is 13.0 Å². The van der Waals surface area contributed by atoms with E-state index in [1.165, 1.54) is 12.1 Å². The molecule has 0 aliphatic carbocycles. The Morgan fingerprint density at radius 1 is 1.53 bits per heavy atom. The zero-order valence-electron chi connectivity index (χ0n) is 11.0. The van der Waals surface area contributed by atoms with E-state index >= 15 is 0 Å². The highest BCUT2D eigenvalue weighted by Gasteiger charge is 2.18. The zero-order chi connectivity index (χ0) is 14.4. The predicted molar refractivity (Wildman–Crippen MR) is 77.8 cm³/mol. The molecule has 1 aromatic carbocycles. The summed E-state index contributed by atoms with van der Waals surface area (Å²) in [4.78, 5) is 22.4. The molecule has 1 N–H and O–H groups in total. The monoisotopic (exact) mass is 328 g/mol. The fourth-order valence-electron chi connectivity index (χ4n) is 1.82. The molecule has 5 nitrogen and oxygen atoms in total. The van der Waals surface area contributed by atoms with E-state index in [-0.39, 0.29) is 17.6 Å². The highest BCUT2D eigenvalue weighted by Crippen LogP contribution is 2.21. The van der Waals surface area contributed by atoms with Crippen LogP contribution in [0.3, 0.4) is 0 Å². The van der Waals surface area contributed by atoms with E-state index in [0.717, 1.165) is 18.2 Å². The van der Waals surface area contributed by atoms with Gasteiger partial charge in [0.25, 0.3) is 11.6 Å². The Balaban J connectivity index is 2.83. The maximum atomic E-state index is 12.1. The number of alkyl halides is 1. The summed E-state index contributed by atoms with van der Waals surface area (Å²) >= 11 is 3.34. The fourth-order valence-corrected chi connectivity index (χ4v) is 2.15. The Morgan fingerprint density at radius 3 is 2.79 bits per heavy atom. The van der Waals surface area contributed by atoms with Gasteiger partial charge in [0.05, 0.1) is 4.92 Å². The van der Waals surface area contributed by atoms with E-state index in [0.29, 0.717) is 11.1 Å². The highest BCUT2D eigenvalue weighted by molar-refractivity contribution is 9.09. The summed E-state index contributed by atoms with van der Waals surface area (Å²) in [7, 11) is 0. The van der Waals surface area contributed by atoms with Gasteiger partial charge in [0.15, 0.2) is 0 Å². The molecule has 6 heteroatoms. The molecule has 0 spiro atoms. The summed E-state index contributed by atoms with van der Waals surface area (Å²) in [5.74, 6) is -0.261. The molecule has 1 unspecified atom stereocenters. The molecule has 1 aromatic rings. The lowest BCUT2D eigenvalue weighted by molar-refractivity contribution is -0.385. The van der Waals surface area contributed by atoms with Crippen LogP contribution in [-0.4, -0.2) is 22.2 Å². The molecule has 0 saturated heterocycles. The van der Waals surface area contributed by atoms with Gasteiger partial charge in [-0.15, -0.1) is 0 Å². The smallest absolute Gasteiger partial charge is 0.273 e. The van der Waals surface area contributed by atoms with Gasteiger partial charge in [-0.25, -0.2) is 0 Å². The van der Waals surface area contributed by atoms with Crippen LogP contribution in [0.5, 0.6) is 0 Å². The third kappa shape index (κ3) is 4.31. The van der Waals surface area contributed by atoms with Crippen LogP contribution < -0.4 is 5.32 Å². The zero-order valence-corrected chi connectivity index (χ0v) is 12.6. The summed E-state index contributed by atoms with van der Waals surface area (Å²) < 4.78 is 0. The van der Waals surface area contributed by atoms with Gasteiger partial charge in [0, 0.05) is 28.6 Å². The van der Waals surface area contributed by atoms with Crippen molar-refractivity contribution in [3.05, 3.63) is 39.4 Å². The van der Waals surface area contributed by atoms with Crippen LogP contribution in [0.15, 0.2) is 18.2 Å². The molecule has 0 bridgehead atoms. The number of rotatable bonds is 6. The number of halogens is 1. The summed E-state index contributed by atoms with van der Waals surface area (Å²) in [6.45, 7) is 3.52. The Labute approximate surface area is 120 Å². The van der Waals surface area contributed by atoms with E-state index in [9.17, 15) is 14.9 Å². The van der Waals surface area contributed by atoms with Crippen LogP contribution >= 0.6 is 15.9 Å². The summed E-state index contributed by atoms with van der Waals surface area (Å²) in [5, 5.41) is 14.6. The van der Waals surface area contributed by atoms with Crippen LogP contribution in [-0.2, 0) is 0 Å². The second-order valence-electron chi connectivity index (χ2n) is 4.41. The molecule has 0 aromatic heterocycles. The van der Waals surface area contributed by atoms with Crippen molar-refractivity contribution in [2.24, 2.45) is 0 Å². The maximum absolute atomic E-state index is 12.1. The molecule has 0 fully saturated rings. The predicted octanol–water partition coefficient (Wildman–Crippen LogP) is 3.20. The lowest BCUT2D eigenvalue weighted by Gasteiger charge is -2.14. The van der Waals surface area contributed by atoms with Crippen molar-refractivity contribution in [1.29, 1.82) is 0 Å². The second kappa shape index (κ2) is 7.23. The first-order valence-electron chi connectivity index (χ1n) is 6.08. The Morgan fingerprint density at radius 2 is 2.21 bits per heavy atom. The Kier molecular flexibility index (Phi) is 5.95. The van der Waals surface area contributed by atoms with Crippen LogP contribution in [0, 0.1) is 17.0 Å². The molecule has 0 aliphatic heterocycles. The van der Waals surface area contributed by atoms with E-state index in [2.05, 4.69) is 21.2 Å². The number of carbonyl (C=O) groups is 1. The van der Waals surface area contributed by atoms with Crippen molar-refractivity contribution in [3.63, 3.8) is 0 Å². The van der Waals surface area contributed by atoms with Crippen molar-refractivity contribution in [1.82, 2.24) is 5.32 Å². The maximum Gasteiger partial charge on any atom is 0.273 e. The first-order chi connectivity index (χ1) is 8.97.